The lowest BCUT2D eigenvalue weighted by Crippen LogP contribution is -2.05. The summed E-state index contributed by atoms with van der Waals surface area (Å²) >= 11 is 9.81. The summed E-state index contributed by atoms with van der Waals surface area (Å²) in [5.41, 5.74) is 0.696. The number of esters is 1. The van der Waals surface area contributed by atoms with E-state index in [1.807, 2.05) is 12.1 Å². The van der Waals surface area contributed by atoms with Gasteiger partial charge in [0, 0.05) is 21.9 Å². The summed E-state index contributed by atoms with van der Waals surface area (Å²) in [4.78, 5) is 11.2. The first kappa shape index (κ1) is 17.2. The van der Waals surface area contributed by atoms with Gasteiger partial charge in [0.2, 0.25) is 0 Å². The van der Waals surface area contributed by atoms with Crippen LogP contribution in [0.1, 0.15) is 18.9 Å². The number of carbonyl (C=O) groups is 1. The molecule has 0 aliphatic heterocycles. The molecule has 0 unspecified atom stereocenters. The number of hydrogen-bond donors (Lipinski definition) is 1. The molecule has 3 nitrogen and oxygen atoms in total. The highest BCUT2D eigenvalue weighted by Gasteiger charge is 2.04. The highest BCUT2D eigenvalue weighted by atomic mass is 79.9. The highest BCUT2D eigenvalue weighted by Crippen LogP contribution is 2.18. The van der Waals surface area contributed by atoms with Crippen molar-refractivity contribution in [1.29, 1.82) is 0 Å². The lowest BCUT2D eigenvalue weighted by atomic mass is 10.2. The highest BCUT2D eigenvalue weighted by molar-refractivity contribution is 9.10. The van der Waals surface area contributed by atoms with Gasteiger partial charge < -0.3 is 9.84 Å². The Morgan fingerprint density at radius 2 is 2.10 bits per heavy atom. The number of hydrogen-bond acceptors (Lipinski definition) is 5. The molecule has 0 saturated carbocycles. The molecule has 1 aromatic carbocycles. The minimum absolute atomic E-state index is 0.117. The molecule has 0 aliphatic rings. The Bertz CT molecular complexity index is 498. The molecule has 0 spiro atoms. The van der Waals surface area contributed by atoms with Crippen LogP contribution >= 0.6 is 39.9 Å². The molecule has 0 saturated heterocycles. The van der Waals surface area contributed by atoms with Crippen molar-refractivity contribution in [2.75, 3.05) is 12.4 Å². The third kappa shape index (κ3) is 6.54. The number of rotatable bonds is 6. The molecule has 6 heteroatoms. The van der Waals surface area contributed by atoms with E-state index in [4.69, 9.17) is 17.0 Å². The second kappa shape index (κ2) is 9.15. The van der Waals surface area contributed by atoms with Crippen LogP contribution in [-0.2, 0) is 9.53 Å². The van der Waals surface area contributed by atoms with Crippen molar-refractivity contribution in [1.82, 2.24) is 0 Å². The number of thiocarbonyl (C=S) groups is 1. The number of halogens is 1. The first-order valence-electron chi connectivity index (χ1n) is 6.02. The number of aliphatic hydroxyl groups excluding tert-OH is 1. The summed E-state index contributed by atoms with van der Waals surface area (Å²) in [5, 5.41) is 9.93. The van der Waals surface area contributed by atoms with E-state index in [-0.39, 0.29) is 11.7 Å². The zero-order chi connectivity index (χ0) is 15.0. The SMILES string of the molecule is CCOC(=O)CCSC(=S)C=C(O)c1ccc(Br)cc1. The molecular weight excluding hydrogens is 360 g/mol. The average molecular weight is 375 g/mol. The van der Waals surface area contributed by atoms with Gasteiger partial charge in [0.1, 0.15) is 5.76 Å². The number of carbonyl (C=O) groups excluding carboxylic acids is 1. The molecule has 0 bridgehead atoms. The van der Waals surface area contributed by atoms with Crippen LogP contribution in [0.25, 0.3) is 5.76 Å². The zero-order valence-electron chi connectivity index (χ0n) is 11.0. The number of aliphatic hydroxyl groups is 1. The van der Waals surface area contributed by atoms with Crippen molar-refractivity contribution in [2.45, 2.75) is 13.3 Å². The van der Waals surface area contributed by atoms with E-state index in [0.29, 0.717) is 28.5 Å². The topological polar surface area (TPSA) is 46.5 Å². The van der Waals surface area contributed by atoms with Crippen molar-refractivity contribution >= 4 is 55.8 Å². The lowest BCUT2D eigenvalue weighted by molar-refractivity contribution is -0.142. The van der Waals surface area contributed by atoms with Gasteiger partial charge in [-0.15, -0.1) is 11.8 Å². The molecule has 0 radical (unpaired) electrons. The molecule has 0 aromatic heterocycles. The van der Waals surface area contributed by atoms with Crippen LogP contribution in [0.3, 0.4) is 0 Å². The predicted octanol–water partition coefficient (Wildman–Crippen LogP) is 4.36. The van der Waals surface area contributed by atoms with Crippen LogP contribution in [0.15, 0.2) is 34.8 Å². The Morgan fingerprint density at radius 3 is 2.70 bits per heavy atom. The van der Waals surface area contributed by atoms with Gasteiger partial charge in [-0.2, -0.15) is 0 Å². The Kier molecular flexibility index (Phi) is 7.87. The molecule has 0 aliphatic carbocycles. The lowest BCUT2D eigenvalue weighted by Gasteiger charge is -2.03. The van der Waals surface area contributed by atoms with Gasteiger partial charge in [-0.1, -0.05) is 40.3 Å². The van der Waals surface area contributed by atoms with E-state index in [9.17, 15) is 9.90 Å². The van der Waals surface area contributed by atoms with Gasteiger partial charge >= 0.3 is 5.97 Å². The second-order valence-corrected chi connectivity index (χ2v) is 6.51. The summed E-state index contributed by atoms with van der Waals surface area (Å²) in [5.74, 6) is 0.428. The molecule has 0 heterocycles. The van der Waals surface area contributed by atoms with Crippen LogP contribution < -0.4 is 0 Å². The van der Waals surface area contributed by atoms with Gasteiger partial charge in [0.25, 0.3) is 0 Å². The van der Waals surface area contributed by atoms with Crippen LogP contribution in [0.5, 0.6) is 0 Å². The van der Waals surface area contributed by atoms with Crippen molar-refractivity contribution in [3.05, 3.63) is 40.4 Å². The molecule has 0 fully saturated rings. The van der Waals surface area contributed by atoms with Gasteiger partial charge in [-0.25, -0.2) is 0 Å². The molecule has 1 N–H and O–H groups in total. The summed E-state index contributed by atoms with van der Waals surface area (Å²) in [6.45, 7) is 2.16. The third-order valence-electron chi connectivity index (χ3n) is 2.25. The number of ether oxygens (including phenoxy) is 1. The fourth-order valence-corrected chi connectivity index (χ4v) is 2.62. The molecular formula is C14H15BrO3S2. The fraction of sp³-hybridized carbons (Fsp3) is 0.286. The van der Waals surface area contributed by atoms with Crippen LogP contribution in [0.2, 0.25) is 0 Å². The molecule has 0 atom stereocenters. The van der Waals surface area contributed by atoms with Crippen LogP contribution in [0, 0.1) is 0 Å². The molecule has 20 heavy (non-hydrogen) atoms. The van der Waals surface area contributed by atoms with E-state index in [1.54, 1.807) is 19.1 Å². The quantitative estimate of drug-likeness (QED) is 0.346. The first-order valence-corrected chi connectivity index (χ1v) is 8.20. The Morgan fingerprint density at radius 1 is 1.45 bits per heavy atom. The largest absolute Gasteiger partial charge is 0.507 e. The van der Waals surface area contributed by atoms with Gasteiger partial charge in [-0.3, -0.25) is 4.79 Å². The maximum Gasteiger partial charge on any atom is 0.306 e. The van der Waals surface area contributed by atoms with Gasteiger partial charge in [0.15, 0.2) is 0 Å². The van der Waals surface area contributed by atoms with Crippen molar-refractivity contribution < 1.29 is 14.6 Å². The molecule has 108 valence electrons. The van der Waals surface area contributed by atoms with Gasteiger partial charge in [-0.05, 0) is 19.1 Å². The zero-order valence-corrected chi connectivity index (χ0v) is 14.2. The van der Waals surface area contributed by atoms with E-state index in [1.165, 1.54) is 17.8 Å². The minimum Gasteiger partial charge on any atom is -0.507 e. The molecule has 1 rings (SSSR count). The average Bonchev–Trinajstić information content (AvgIpc) is 2.39. The smallest absolute Gasteiger partial charge is 0.306 e. The normalized spacial score (nSPS) is 11.2. The summed E-state index contributed by atoms with van der Waals surface area (Å²) in [7, 11) is 0. The van der Waals surface area contributed by atoms with E-state index in [2.05, 4.69) is 15.9 Å². The Balaban J connectivity index is 2.46. The van der Waals surface area contributed by atoms with Crippen LogP contribution in [-0.4, -0.2) is 27.6 Å². The molecule has 0 amide bonds. The number of benzene rings is 1. The maximum absolute atomic E-state index is 11.2. The van der Waals surface area contributed by atoms with Crippen molar-refractivity contribution in [3.8, 4) is 0 Å². The Hall–Kier alpha value is -0.850. The minimum atomic E-state index is -0.232. The Labute approximate surface area is 136 Å². The van der Waals surface area contributed by atoms with Crippen LogP contribution in [0.4, 0.5) is 0 Å². The van der Waals surface area contributed by atoms with Gasteiger partial charge in [0.05, 0.1) is 17.2 Å². The van der Waals surface area contributed by atoms with Crippen molar-refractivity contribution in [2.24, 2.45) is 0 Å². The molecule has 1 aromatic rings. The maximum atomic E-state index is 11.2. The van der Waals surface area contributed by atoms with Crippen molar-refractivity contribution in [3.63, 3.8) is 0 Å². The summed E-state index contributed by atoms with van der Waals surface area (Å²) < 4.78 is 6.30. The second-order valence-electron chi connectivity index (χ2n) is 3.76. The summed E-state index contributed by atoms with van der Waals surface area (Å²) in [6, 6.07) is 7.27. The monoisotopic (exact) mass is 374 g/mol. The fourth-order valence-electron chi connectivity index (χ4n) is 1.33. The standard InChI is InChI=1S/C14H15BrO3S2/c1-2-18-13(17)7-8-20-14(19)9-12(16)10-3-5-11(15)6-4-10/h3-6,9,16H,2,7-8H2,1H3. The predicted molar refractivity (Wildman–Crippen MR) is 91.1 cm³/mol. The number of thioether (sulfide) groups is 1. The summed E-state index contributed by atoms with van der Waals surface area (Å²) in [6.07, 6.45) is 1.83. The van der Waals surface area contributed by atoms with E-state index in [0.717, 1.165) is 4.47 Å². The van der Waals surface area contributed by atoms with E-state index < -0.39 is 0 Å². The third-order valence-corrected chi connectivity index (χ3v) is 4.06. The van der Waals surface area contributed by atoms with E-state index >= 15 is 0 Å². The first-order chi connectivity index (χ1) is 9.52.